The van der Waals surface area contributed by atoms with Crippen LogP contribution in [0, 0.1) is 5.92 Å². The molecule has 2 saturated heterocycles. The molecule has 8 heteroatoms. The van der Waals surface area contributed by atoms with Crippen molar-refractivity contribution in [3.8, 4) is 0 Å². The molecular formula is C20H28F2N2O4. The van der Waals surface area contributed by atoms with E-state index in [0.29, 0.717) is 44.7 Å². The fourth-order valence-corrected chi connectivity index (χ4v) is 4.26. The van der Waals surface area contributed by atoms with Crippen molar-refractivity contribution in [3.05, 3.63) is 35.9 Å². The van der Waals surface area contributed by atoms with Crippen LogP contribution >= 0.6 is 0 Å². The van der Waals surface area contributed by atoms with Crippen molar-refractivity contribution < 1.29 is 28.2 Å². The number of likely N-dealkylation sites (tertiary alicyclic amines) is 1. The van der Waals surface area contributed by atoms with E-state index >= 15 is 8.78 Å². The number of amides is 1. The van der Waals surface area contributed by atoms with Crippen molar-refractivity contribution >= 4 is 5.91 Å². The van der Waals surface area contributed by atoms with Gasteiger partial charge in [0.05, 0.1) is 12.7 Å². The number of aliphatic hydroxyl groups is 1. The summed E-state index contributed by atoms with van der Waals surface area (Å²) in [7, 11) is 0. The lowest BCUT2D eigenvalue weighted by molar-refractivity contribution is -0.274. The van der Waals surface area contributed by atoms with Crippen molar-refractivity contribution in [1.29, 1.82) is 0 Å². The lowest BCUT2D eigenvalue weighted by Gasteiger charge is -2.50. The largest absolute Gasteiger partial charge is 0.396 e. The Morgan fingerprint density at radius 1 is 1.25 bits per heavy atom. The summed E-state index contributed by atoms with van der Waals surface area (Å²) in [4.78, 5) is 13.5. The molecule has 0 aliphatic carbocycles. The minimum Gasteiger partial charge on any atom is -0.396 e. The fraction of sp³-hybridized carbons (Fsp3) is 0.650. The lowest BCUT2D eigenvalue weighted by atomic mass is 9.82. The van der Waals surface area contributed by atoms with Gasteiger partial charge in [-0.05, 0) is 31.2 Å². The molecule has 0 aromatic heterocycles. The zero-order chi connectivity index (χ0) is 20.2. The summed E-state index contributed by atoms with van der Waals surface area (Å²) < 4.78 is 41.9. The van der Waals surface area contributed by atoms with Gasteiger partial charge < -0.3 is 20.3 Å². The highest BCUT2D eigenvalue weighted by Gasteiger charge is 2.61. The number of hydrogen-bond acceptors (Lipinski definition) is 5. The molecule has 2 aliphatic heterocycles. The topological polar surface area (TPSA) is 85.0 Å². The Bertz CT molecular complexity index is 649. The summed E-state index contributed by atoms with van der Waals surface area (Å²) in [6.45, 7) is 1.08. The number of rotatable bonds is 8. The summed E-state index contributed by atoms with van der Waals surface area (Å²) in [6.07, 6.45) is 2.44. The van der Waals surface area contributed by atoms with Crippen LogP contribution in [0.5, 0.6) is 0 Å². The van der Waals surface area contributed by atoms with E-state index in [0.717, 1.165) is 12.8 Å². The molecule has 3 rings (SSSR count). The average molecular weight is 398 g/mol. The second-order valence-corrected chi connectivity index (χ2v) is 7.41. The minimum atomic E-state index is -3.95. The van der Waals surface area contributed by atoms with Gasteiger partial charge in [0.25, 0.3) is 5.91 Å². The number of halogens is 2. The molecule has 3 N–H and O–H groups in total. The highest BCUT2D eigenvalue weighted by molar-refractivity contribution is 5.82. The molecule has 2 heterocycles. The van der Waals surface area contributed by atoms with Gasteiger partial charge in [-0.2, -0.15) is 8.78 Å². The predicted molar refractivity (Wildman–Crippen MR) is 98.6 cm³/mol. The van der Waals surface area contributed by atoms with Gasteiger partial charge in [0.1, 0.15) is 5.92 Å². The van der Waals surface area contributed by atoms with Crippen LogP contribution < -0.4 is 5.73 Å². The highest BCUT2D eigenvalue weighted by Crippen LogP contribution is 2.47. The van der Waals surface area contributed by atoms with E-state index in [4.69, 9.17) is 15.2 Å². The Balaban J connectivity index is 2.14. The molecule has 28 heavy (non-hydrogen) atoms. The lowest BCUT2D eigenvalue weighted by Crippen LogP contribution is -2.62. The Morgan fingerprint density at radius 3 is 2.39 bits per heavy atom. The maximum Gasteiger partial charge on any atom is 0.333 e. The monoisotopic (exact) mass is 398 g/mol. The molecule has 1 amide bonds. The SMILES string of the molecule is NC(=O)C(F)(F)C(CO)C(OC1CCOCC1)(c1ccccc1)N1CCCC1. The van der Waals surface area contributed by atoms with Gasteiger partial charge in [-0.25, -0.2) is 0 Å². The standard InChI is InChI=1S/C20H28F2N2O4/c21-19(22,18(23)26)17(14-25)20(24-10-4-5-11-24,15-6-2-1-3-7-15)28-16-8-12-27-13-9-16/h1-3,6-7,16-17,25H,4-5,8-14H2,(H2,23,26). The second-order valence-electron chi connectivity index (χ2n) is 7.41. The van der Waals surface area contributed by atoms with Crippen LogP contribution in [0.15, 0.2) is 30.3 Å². The summed E-state index contributed by atoms with van der Waals surface area (Å²) >= 11 is 0. The van der Waals surface area contributed by atoms with Gasteiger partial charge in [0.2, 0.25) is 0 Å². The molecule has 156 valence electrons. The first-order valence-corrected chi connectivity index (χ1v) is 9.77. The van der Waals surface area contributed by atoms with E-state index in [-0.39, 0.29) is 6.10 Å². The van der Waals surface area contributed by atoms with Crippen molar-refractivity contribution in [2.24, 2.45) is 11.7 Å². The summed E-state index contributed by atoms with van der Waals surface area (Å²) in [5, 5.41) is 10.1. The number of alkyl halides is 2. The molecule has 0 saturated carbocycles. The predicted octanol–water partition coefficient (Wildman–Crippen LogP) is 1.86. The third-order valence-corrected chi connectivity index (χ3v) is 5.70. The van der Waals surface area contributed by atoms with Gasteiger partial charge >= 0.3 is 5.92 Å². The molecule has 0 spiro atoms. The highest BCUT2D eigenvalue weighted by atomic mass is 19.3. The molecule has 1 aromatic rings. The first-order chi connectivity index (χ1) is 13.4. The molecule has 2 aliphatic rings. The quantitative estimate of drug-likeness (QED) is 0.698. The van der Waals surface area contributed by atoms with Crippen LogP contribution in [-0.2, 0) is 20.0 Å². The van der Waals surface area contributed by atoms with Crippen LogP contribution in [-0.4, -0.2) is 60.9 Å². The number of aliphatic hydroxyl groups excluding tert-OH is 1. The number of primary amides is 1. The fourth-order valence-electron chi connectivity index (χ4n) is 4.26. The summed E-state index contributed by atoms with van der Waals surface area (Å²) in [6, 6.07) is 8.68. The third-order valence-electron chi connectivity index (χ3n) is 5.70. The molecule has 0 bridgehead atoms. The van der Waals surface area contributed by atoms with Crippen LogP contribution in [0.2, 0.25) is 0 Å². The van der Waals surface area contributed by atoms with E-state index in [1.165, 1.54) is 0 Å². The van der Waals surface area contributed by atoms with Crippen LogP contribution in [0.3, 0.4) is 0 Å². The number of benzene rings is 1. The molecule has 1 aromatic carbocycles. The zero-order valence-corrected chi connectivity index (χ0v) is 15.9. The Labute approximate surface area is 163 Å². The van der Waals surface area contributed by atoms with E-state index in [9.17, 15) is 9.90 Å². The first-order valence-electron chi connectivity index (χ1n) is 9.77. The number of carbonyl (C=O) groups excluding carboxylic acids is 1. The van der Waals surface area contributed by atoms with E-state index in [1.807, 2.05) is 4.90 Å². The number of carbonyl (C=O) groups is 1. The maximum atomic E-state index is 15.0. The molecule has 0 radical (unpaired) electrons. The Morgan fingerprint density at radius 2 is 1.86 bits per heavy atom. The van der Waals surface area contributed by atoms with E-state index in [2.05, 4.69) is 0 Å². The zero-order valence-electron chi connectivity index (χ0n) is 15.9. The van der Waals surface area contributed by atoms with Gasteiger partial charge in [0.15, 0.2) is 5.72 Å². The van der Waals surface area contributed by atoms with Crippen LogP contribution in [0.1, 0.15) is 31.2 Å². The van der Waals surface area contributed by atoms with Crippen molar-refractivity contribution in [3.63, 3.8) is 0 Å². The Hall–Kier alpha value is -1.61. The Kier molecular flexibility index (Phi) is 6.65. The van der Waals surface area contributed by atoms with Gasteiger partial charge in [-0.3, -0.25) is 9.69 Å². The number of nitrogens with zero attached hydrogens (tertiary/aromatic N) is 1. The molecule has 2 atom stereocenters. The second kappa shape index (κ2) is 8.82. The minimum absolute atomic E-state index is 0.327. The van der Waals surface area contributed by atoms with Gasteiger partial charge in [0, 0.05) is 26.3 Å². The van der Waals surface area contributed by atoms with Crippen LogP contribution in [0.25, 0.3) is 0 Å². The van der Waals surface area contributed by atoms with E-state index < -0.39 is 30.1 Å². The van der Waals surface area contributed by atoms with Crippen molar-refractivity contribution in [1.82, 2.24) is 4.90 Å². The van der Waals surface area contributed by atoms with Crippen LogP contribution in [0.4, 0.5) is 8.78 Å². The number of nitrogens with two attached hydrogens (primary N) is 1. The smallest absolute Gasteiger partial charge is 0.333 e. The molecule has 2 unspecified atom stereocenters. The average Bonchev–Trinajstić information content (AvgIpc) is 3.24. The normalized spacial score (nSPS) is 22.7. The van der Waals surface area contributed by atoms with Gasteiger partial charge in [-0.15, -0.1) is 0 Å². The third kappa shape index (κ3) is 3.91. The molecular weight excluding hydrogens is 370 g/mol. The number of hydrogen-bond donors (Lipinski definition) is 2. The number of ether oxygens (including phenoxy) is 2. The first kappa shape index (κ1) is 21.1. The van der Waals surface area contributed by atoms with Crippen molar-refractivity contribution in [2.75, 3.05) is 32.9 Å². The van der Waals surface area contributed by atoms with E-state index in [1.54, 1.807) is 30.3 Å². The molecule has 6 nitrogen and oxygen atoms in total. The molecule has 2 fully saturated rings. The van der Waals surface area contributed by atoms with Crippen molar-refractivity contribution in [2.45, 2.75) is 43.4 Å². The maximum absolute atomic E-state index is 15.0. The van der Waals surface area contributed by atoms with Gasteiger partial charge in [-0.1, -0.05) is 30.3 Å². The summed E-state index contributed by atoms with van der Waals surface area (Å²) in [5.41, 5.74) is 3.89. The summed E-state index contributed by atoms with van der Waals surface area (Å²) in [5.74, 6) is -7.54.